The molecule has 3 rings (SSSR count). The number of hydrogen-bond donors (Lipinski definition) is 2. The SMILES string of the molecule is Cn1nc(C(=O)Nc2cccc(F)c2)cc1NC(=O)CCc1ccccc1. The van der Waals surface area contributed by atoms with Crippen LogP contribution in [0.25, 0.3) is 0 Å². The van der Waals surface area contributed by atoms with Gasteiger partial charge in [-0.2, -0.15) is 5.10 Å². The number of anilines is 2. The molecule has 0 atom stereocenters. The van der Waals surface area contributed by atoms with Gasteiger partial charge in [0.1, 0.15) is 11.6 Å². The van der Waals surface area contributed by atoms with Crippen molar-refractivity contribution in [2.24, 2.45) is 7.05 Å². The zero-order valence-electron chi connectivity index (χ0n) is 14.8. The van der Waals surface area contributed by atoms with Crippen LogP contribution in [-0.4, -0.2) is 21.6 Å². The molecular weight excluding hydrogens is 347 g/mol. The Morgan fingerprint density at radius 1 is 1.04 bits per heavy atom. The molecule has 0 aliphatic carbocycles. The van der Waals surface area contributed by atoms with Gasteiger partial charge in [0.25, 0.3) is 5.91 Å². The molecule has 0 unspecified atom stereocenters. The van der Waals surface area contributed by atoms with E-state index in [1.807, 2.05) is 30.3 Å². The number of hydrogen-bond acceptors (Lipinski definition) is 3. The number of rotatable bonds is 6. The van der Waals surface area contributed by atoms with Crippen LogP contribution in [0, 0.1) is 5.82 Å². The Morgan fingerprint density at radius 2 is 1.81 bits per heavy atom. The van der Waals surface area contributed by atoms with Crippen LogP contribution in [0.1, 0.15) is 22.5 Å². The molecule has 0 saturated heterocycles. The van der Waals surface area contributed by atoms with Gasteiger partial charge in [0.15, 0.2) is 5.69 Å². The fourth-order valence-corrected chi connectivity index (χ4v) is 2.56. The van der Waals surface area contributed by atoms with Crippen LogP contribution in [0.2, 0.25) is 0 Å². The first-order valence-electron chi connectivity index (χ1n) is 8.46. The van der Waals surface area contributed by atoms with Gasteiger partial charge in [0, 0.05) is 25.2 Å². The molecular formula is C20H19FN4O2. The minimum Gasteiger partial charge on any atom is -0.320 e. The van der Waals surface area contributed by atoms with Crippen LogP contribution in [-0.2, 0) is 18.3 Å². The Morgan fingerprint density at radius 3 is 2.56 bits per heavy atom. The van der Waals surface area contributed by atoms with Crippen LogP contribution >= 0.6 is 0 Å². The maximum absolute atomic E-state index is 13.2. The van der Waals surface area contributed by atoms with Gasteiger partial charge in [0.05, 0.1) is 0 Å². The molecule has 0 radical (unpaired) electrons. The molecule has 0 aliphatic rings. The summed E-state index contributed by atoms with van der Waals surface area (Å²) in [7, 11) is 1.63. The topological polar surface area (TPSA) is 76.0 Å². The minimum absolute atomic E-state index is 0.125. The number of aromatic nitrogens is 2. The van der Waals surface area contributed by atoms with Crippen LogP contribution < -0.4 is 10.6 Å². The zero-order chi connectivity index (χ0) is 19.2. The average Bonchev–Trinajstić information content (AvgIpc) is 3.01. The van der Waals surface area contributed by atoms with Gasteiger partial charge in [0.2, 0.25) is 5.91 Å². The van der Waals surface area contributed by atoms with Gasteiger partial charge in [-0.3, -0.25) is 14.3 Å². The largest absolute Gasteiger partial charge is 0.320 e. The van der Waals surface area contributed by atoms with E-state index in [1.54, 1.807) is 13.1 Å². The number of aryl methyl sites for hydroxylation is 2. The fourth-order valence-electron chi connectivity index (χ4n) is 2.56. The van der Waals surface area contributed by atoms with E-state index in [9.17, 15) is 14.0 Å². The van der Waals surface area contributed by atoms with E-state index < -0.39 is 11.7 Å². The van der Waals surface area contributed by atoms with Crippen molar-refractivity contribution in [2.45, 2.75) is 12.8 Å². The number of benzene rings is 2. The second-order valence-electron chi connectivity index (χ2n) is 6.04. The predicted octanol–water partition coefficient (Wildman–Crippen LogP) is 3.38. The first-order valence-corrected chi connectivity index (χ1v) is 8.46. The number of carbonyl (C=O) groups excluding carboxylic acids is 2. The highest BCUT2D eigenvalue weighted by molar-refractivity contribution is 6.03. The van der Waals surface area contributed by atoms with Gasteiger partial charge in [-0.1, -0.05) is 36.4 Å². The molecule has 0 fully saturated rings. The van der Waals surface area contributed by atoms with Crippen molar-refractivity contribution in [1.82, 2.24) is 9.78 Å². The van der Waals surface area contributed by atoms with E-state index in [0.717, 1.165) is 5.56 Å². The molecule has 0 spiro atoms. The third-order valence-corrected chi connectivity index (χ3v) is 3.95. The summed E-state index contributed by atoms with van der Waals surface area (Å²) in [5.74, 6) is -0.683. The highest BCUT2D eigenvalue weighted by atomic mass is 19.1. The van der Waals surface area contributed by atoms with Gasteiger partial charge in [-0.25, -0.2) is 4.39 Å². The number of amides is 2. The molecule has 2 aromatic carbocycles. The van der Waals surface area contributed by atoms with Crippen molar-refractivity contribution >= 4 is 23.3 Å². The summed E-state index contributed by atoms with van der Waals surface area (Å²) in [5, 5.41) is 9.42. The van der Waals surface area contributed by atoms with Gasteiger partial charge >= 0.3 is 0 Å². The van der Waals surface area contributed by atoms with Gasteiger partial charge < -0.3 is 10.6 Å². The smallest absolute Gasteiger partial charge is 0.276 e. The molecule has 138 valence electrons. The normalized spacial score (nSPS) is 10.4. The van der Waals surface area contributed by atoms with Crippen molar-refractivity contribution in [1.29, 1.82) is 0 Å². The summed E-state index contributed by atoms with van der Waals surface area (Å²) in [6.07, 6.45) is 0.942. The van der Waals surface area contributed by atoms with Gasteiger partial charge in [-0.15, -0.1) is 0 Å². The predicted molar refractivity (Wildman–Crippen MR) is 101 cm³/mol. The third kappa shape index (κ3) is 5.01. The van der Waals surface area contributed by atoms with Crippen LogP contribution in [0.4, 0.5) is 15.9 Å². The maximum Gasteiger partial charge on any atom is 0.276 e. The molecule has 0 saturated carbocycles. The van der Waals surface area contributed by atoms with Crippen LogP contribution in [0.3, 0.4) is 0 Å². The van der Waals surface area contributed by atoms with Crippen molar-refractivity contribution in [3.05, 3.63) is 77.7 Å². The number of carbonyl (C=O) groups is 2. The highest BCUT2D eigenvalue weighted by Crippen LogP contribution is 2.14. The summed E-state index contributed by atoms with van der Waals surface area (Å²) in [5.41, 5.74) is 1.53. The minimum atomic E-state index is -0.485. The second-order valence-corrected chi connectivity index (χ2v) is 6.04. The Bertz CT molecular complexity index is 954. The molecule has 2 amide bonds. The van der Waals surface area contributed by atoms with Gasteiger partial charge in [-0.05, 0) is 30.2 Å². The molecule has 6 nitrogen and oxygen atoms in total. The summed E-state index contributed by atoms with van der Waals surface area (Å²) in [4.78, 5) is 24.4. The highest BCUT2D eigenvalue weighted by Gasteiger charge is 2.15. The summed E-state index contributed by atoms with van der Waals surface area (Å²) >= 11 is 0. The Kier molecular flexibility index (Phi) is 5.61. The van der Waals surface area contributed by atoms with Crippen LogP contribution in [0.5, 0.6) is 0 Å². The Labute approximate surface area is 156 Å². The molecule has 27 heavy (non-hydrogen) atoms. The van der Waals surface area contributed by atoms with E-state index in [4.69, 9.17) is 0 Å². The monoisotopic (exact) mass is 366 g/mol. The second kappa shape index (κ2) is 8.27. The molecule has 0 aliphatic heterocycles. The number of halogens is 1. The van der Waals surface area contributed by atoms with E-state index in [2.05, 4.69) is 15.7 Å². The quantitative estimate of drug-likeness (QED) is 0.702. The first-order chi connectivity index (χ1) is 13.0. The first kappa shape index (κ1) is 18.3. The van der Waals surface area contributed by atoms with E-state index in [0.29, 0.717) is 24.3 Å². The summed E-state index contributed by atoms with van der Waals surface area (Å²) in [6, 6.07) is 16.8. The summed E-state index contributed by atoms with van der Waals surface area (Å²) < 4.78 is 14.6. The lowest BCUT2D eigenvalue weighted by Gasteiger charge is -2.05. The van der Waals surface area contributed by atoms with E-state index in [-0.39, 0.29) is 11.6 Å². The molecule has 2 N–H and O–H groups in total. The lowest BCUT2D eigenvalue weighted by Crippen LogP contribution is -2.14. The zero-order valence-corrected chi connectivity index (χ0v) is 14.8. The lowest BCUT2D eigenvalue weighted by atomic mass is 10.1. The summed E-state index contributed by atoms with van der Waals surface area (Å²) in [6.45, 7) is 0. The number of nitrogens with zero attached hydrogens (tertiary/aromatic N) is 2. The molecule has 0 bridgehead atoms. The van der Waals surface area contributed by atoms with Crippen molar-refractivity contribution in [3.63, 3.8) is 0 Å². The maximum atomic E-state index is 13.2. The fraction of sp³-hybridized carbons (Fsp3) is 0.150. The van der Waals surface area contributed by atoms with Crippen molar-refractivity contribution < 1.29 is 14.0 Å². The molecule has 1 aromatic heterocycles. The molecule has 1 heterocycles. The van der Waals surface area contributed by atoms with E-state index in [1.165, 1.54) is 28.9 Å². The average molecular weight is 366 g/mol. The molecule has 3 aromatic rings. The number of nitrogens with one attached hydrogen (secondary N) is 2. The van der Waals surface area contributed by atoms with Crippen molar-refractivity contribution in [2.75, 3.05) is 10.6 Å². The Balaban J connectivity index is 1.60. The van der Waals surface area contributed by atoms with Crippen molar-refractivity contribution in [3.8, 4) is 0 Å². The third-order valence-electron chi connectivity index (χ3n) is 3.95. The van der Waals surface area contributed by atoms with E-state index >= 15 is 0 Å². The van der Waals surface area contributed by atoms with Crippen LogP contribution in [0.15, 0.2) is 60.7 Å². The lowest BCUT2D eigenvalue weighted by molar-refractivity contribution is -0.116. The molecule has 7 heteroatoms. The standard InChI is InChI=1S/C20H19FN4O2/c1-25-18(23-19(26)11-10-14-6-3-2-4-7-14)13-17(24-25)20(27)22-16-9-5-8-15(21)12-16/h2-9,12-13H,10-11H2,1H3,(H,22,27)(H,23,26). The Hall–Kier alpha value is -3.48.